The SMILES string of the molecule is CC(COC(C)(C)C)Oc1ccc(S(C)(=O)=O)cc1. The molecule has 0 aromatic heterocycles. The molecular formula is C14H22O4S. The zero-order chi connectivity index (χ0) is 14.7. The Balaban J connectivity index is 2.59. The first-order chi connectivity index (χ1) is 8.58. The molecule has 0 aliphatic carbocycles. The first-order valence-electron chi connectivity index (χ1n) is 6.19. The van der Waals surface area contributed by atoms with Crippen LogP contribution in [0.2, 0.25) is 0 Å². The third-order valence-corrected chi connectivity index (χ3v) is 3.47. The largest absolute Gasteiger partial charge is 0.488 e. The topological polar surface area (TPSA) is 52.6 Å². The van der Waals surface area contributed by atoms with Crippen LogP contribution in [0.25, 0.3) is 0 Å². The molecule has 1 aromatic rings. The van der Waals surface area contributed by atoms with Crippen molar-refractivity contribution in [3.05, 3.63) is 24.3 Å². The van der Waals surface area contributed by atoms with E-state index in [0.717, 1.165) is 0 Å². The van der Waals surface area contributed by atoms with Crippen LogP contribution in [0, 0.1) is 0 Å². The van der Waals surface area contributed by atoms with Crippen molar-refractivity contribution >= 4 is 9.84 Å². The molecule has 0 N–H and O–H groups in total. The second kappa shape index (κ2) is 5.92. The van der Waals surface area contributed by atoms with Crippen LogP contribution in [0.4, 0.5) is 0 Å². The van der Waals surface area contributed by atoms with Gasteiger partial charge in [-0.1, -0.05) is 0 Å². The van der Waals surface area contributed by atoms with Crippen LogP contribution in [0.5, 0.6) is 5.75 Å². The summed E-state index contributed by atoms with van der Waals surface area (Å²) in [5.41, 5.74) is -0.197. The highest BCUT2D eigenvalue weighted by Gasteiger charge is 2.14. The van der Waals surface area contributed by atoms with Gasteiger partial charge in [-0.25, -0.2) is 8.42 Å². The van der Waals surface area contributed by atoms with Crippen molar-refractivity contribution in [2.45, 2.75) is 44.3 Å². The number of sulfone groups is 1. The van der Waals surface area contributed by atoms with E-state index in [2.05, 4.69) is 0 Å². The molecule has 0 bridgehead atoms. The molecule has 5 heteroatoms. The van der Waals surface area contributed by atoms with Crippen LogP contribution in [0.3, 0.4) is 0 Å². The van der Waals surface area contributed by atoms with Gasteiger partial charge in [-0.3, -0.25) is 0 Å². The van der Waals surface area contributed by atoms with Crippen LogP contribution in [0.15, 0.2) is 29.2 Å². The van der Waals surface area contributed by atoms with Gasteiger partial charge in [0, 0.05) is 6.26 Å². The van der Waals surface area contributed by atoms with E-state index in [4.69, 9.17) is 9.47 Å². The maximum absolute atomic E-state index is 11.3. The highest BCUT2D eigenvalue weighted by Crippen LogP contribution is 2.17. The van der Waals surface area contributed by atoms with E-state index in [0.29, 0.717) is 17.3 Å². The standard InChI is InChI=1S/C14H22O4S/c1-11(10-17-14(2,3)4)18-12-6-8-13(9-7-12)19(5,15)16/h6-9,11H,10H2,1-5H3. The van der Waals surface area contributed by atoms with Crippen LogP contribution >= 0.6 is 0 Å². The molecule has 0 heterocycles. The van der Waals surface area contributed by atoms with Gasteiger partial charge in [-0.05, 0) is 52.0 Å². The highest BCUT2D eigenvalue weighted by molar-refractivity contribution is 7.90. The Morgan fingerprint density at radius 2 is 1.68 bits per heavy atom. The van der Waals surface area contributed by atoms with E-state index in [9.17, 15) is 8.42 Å². The molecule has 0 aliphatic heterocycles. The van der Waals surface area contributed by atoms with Crippen molar-refractivity contribution in [3.8, 4) is 5.75 Å². The second-order valence-electron chi connectivity index (χ2n) is 5.60. The first kappa shape index (κ1) is 16.0. The Bertz CT molecular complexity index is 497. The van der Waals surface area contributed by atoms with Crippen molar-refractivity contribution in [2.24, 2.45) is 0 Å². The quantitative estimate of drug-likeness (QED) is 0.835. The van der Waals surface area contributed by atoms with Gasteiger partial charge in [0.1, 0.15) is 11.9 Å². The lowest BCUT2D eigenvalue weighted by molar-refractivity contribution is -0.0374. The Kier molecular flexibility index (Phi) is 4.98. The molecular weight excluding hydrogens is 264 g/mol. The summed E-state index contributed by atoms with van der Waals surface area (Å²) < 4.78 is 33.9. The van der Waals surface area contributed by atoms with Crippen molar-refractivity contribution < 1.29 is 17.9 Å². The third-order valence-electron chi connectivity index (χ3n) is 2.34. The minimum absolute atomic E-state index is 0.0942. The Hall–Kier alpha value is -1.07. The van der Waals surface area contributed by atoms with E-state index >= 15 is 0 Å². The molecule has 0 spiro atoms. The molecule has 1 aromatic carbocycles. The lowest BCUT2D eigenvalue weighted by atomic mass is 10.2. The average molecular weight is 286 g/mol. The third kappa shape index (κ3) is 6.07. The van der Waals surface area contributed by atoms with Gasteiger partial charge in [0.2, 0.25) is 0 Å². The van der Waals surface area contributed by atoms with E-state index in [1.807, 2.05) is 27.7 Å². The lowest BCUT2D eigenvalue weighted by Crippen LogP contribution is -2.27. The van der Waals surface area contributed by atoms with Crippen LogP contribution < -0.4 is 4.74 Å². The second-order valence-corrected chi connectivity index (χ2v) is 7.61. The maximum atomic E-state index is 11.3. The molecule has 0 aliphatic rings. The number of rotatable bonds is 5. The summed E-state index contributed by atoms with van der Waals surface area (Å²) in [6.07, 6.45) is 1.09. The average Bonchev–Trinajstić information content (AvgIpc) is 2.25. The number of ether oxygens (including phenoxy) is 2. The molecule has 108 valence electrons. The van der Waals surface area contributed by atoms with Gasteiger partial charge < -0.3 is 9.47 Å². The minimum atomic E-state index is -3.16. The molecule has 19 heavy (non-hydrogen) atoms. The minimum Gasteiger partial charge on any atom is -0.488 e. The Morgan fingerprint density at radius 3 is 2.11 bits per heavy atom. The van der Waals surface area contributed by atoms with E-state index in [-0.39, 0.29) is 11.7 Å². The van der Waals surface area contributed by atoms with Gasteiger partial charge in [0.15, 0.2) is 9.84 Å². The first-order valence-corrected chi connectivity index (χ1v) is 8.08. The zero-order valence-corrected chi connectivity index (χ0v) is 13.0. The van der Waals surface area contributed by atoms with Crippen molar-refractivity contribution in [2.75, 3.05) is 12.9 Å². The molecule has 4 nitrogen and oxygen atoms in total. The fourth-order valence-electron chi connectivity index (χ4n) is 1.40. The monoisotopic (exact) mass is 286 g/mol. The van der Waals surface area contributed by atoms with Gasteiger partial charge in [0.25, 0.3) is 0 Å². The number of hydrogen-bond donors (Lipinski definition) is 0. The Labute approximate surface area is 115 Å². The summed E-state index contributed by atoms with van der Waals surface area (Å²) in [5.74, 6) is 0.636. The smallest absolute Gasteiger partial charge is 0.175 e. The number of hydrogen-bond acceptors (Lipinski definition) is 4. The number of benzene rings is 1. The van der Waals surface area contributed by atoms with E-state index in [1.165, 1.54) is 6.26 Å². The maximum Gasteiger partial charge on any atom is 0.175 e. The predicted molar refractivity (Wildman–Crippen MR) is 75.3 cm³/mol. The Morgan fingerprint density at radius 1 is 1.16 bits per heavy atom. The van der Waals surface area contributed by atoms with Crippen molar-refractivity contribution in [1.29, 1.82) is 0 Å². The van der Waals surface area contributed by atoms with Gasteiger partial charge >= 0.3 is 0 Å². The summed E-state index contributed by atoms with van der Waals surface area (Å²) in [6.45, 7) is 8.36. The summed E-state index contributed by atoms with van der Waals surface area (Å²) in [5, 5.41) is 0. The van der Waals surface area contributed by atoms with Crippen molar-refractivity contribution in [3.63, 3.8) is 0 Å². The van der Waals surface area contributed by atoms with E-state index in [1.54, 1.807) is 24.3 Å². The zero-order valence-electron chi connectivity index (χ0n) is 12.1. The molecule has 0 saturated heterocycles. The van der Waals surface area contributed by atoms with Crippen LogP contribution in [-0.4, -0.2) is 33.0 Å². The van der Waals surface area contributed by atoms with Crippen molar-refractivity contribution in [1.82, 2.24) is 0 Å². The fraction of sp³-hybridized carbons (Fsp3) is 0.571. The summed E-state index contributed by atoms with van der Waals surface area (Å²) >= 11 is 0. The highest BCUT2D eigenvalue weighted by atomic mass is 32.2. The predicted octanol–water partition coefficient (Wildman–Crippen LogP) is 2.67. The lowest BCUT2D eigenvalue weighted by Gasteiger charge is -2.23. The summed E-state index contributed by atoms with van der Waals surface area (Å²) in [6, 6.07) is 6.40. The molecule has 0 amide bonds. The summed E-state index contributed by atoms with van der Waals surface area (Å²) in [7, 11) is -3.16. The van der Waals surface area contributed by atoms with Crippen LogP contribution in [0.1, 0.15) is 27.7 Å². The molecule has 0 fully saturated rings. The van der Waals surface area contributed by atoms with Gasteiger partial charge in [-0.15, -0.1) is 0 Å². The van der Waals surface area contributed by atoms with Gasteiger partial charge in [0.05, 0.1) is 17.1 Å². The normalized spacial score (nSPS) is 14.2. The van der Waals surface area contributed by atoms with E-state index < -0.39 is 9.84 Å². The van der Waals surface area contributed by atoms with Gasteiger partial charge in [-0.2, -0.15) is 0 Å². The van der Waals surface area contributed by atoms with Crippen LogP contribution in [-0.2, 0) is 14.6 Å². The fourth-order valence-corrected chi connectivity index (χ4v) is 2.03. The molecule has 0 saturated carbocycles. The summed E-state index contributed by atoms with van der Waals surface area (Å²) in [4.78, 5) is 0.290. The molecule has 1 rings (SSSR count). The molecule has 1 atom stereocenters. The molecule has 1 unspecified atom stereocenters. The molecule has 0 radical (unpaired) electrons.